The summed E-state index contributed by atoms with van der Waals surface area (Å²) < 4.78 is 47.2. The van der Waals surface area contributed by atoms with Gasteiger partial charge in [-0.15, -0.1) is 0 Å². The molecule has 0 aliphatic heterocycles. The Balaban J connectivity index is 3.01. The van der Waals surface area contributed by atoms with Crippen molar-refractivity contribution in [3.05, 3.63) is 29.8 Å². The lowest BCUT2D eigenvalue weighted by atomic mass is 10.2. The normalized spacial score (nSPS) is 10.6. The number of carbonyl (C=O) groups excluding carboxylic acids is 1. The molecule has 0 fully saturated rings. The number of nitrogens with one attached hydrogen (secondary N) is 1. The van der Waals surface area contributed by atoms with E-state index in [4.69, 9.17) is 0 Å². The number of carbonyl (C=O) groups is 1. The average Bonchev–Trinajstić information content (AvgIpc) is 2.15. The summed E-state index contributed by atoms with van der Waals surface area (Å²) >= 11 is 0. The number of rotatable bonds is 2. The zero-order valence-corrected chi connectivity index (χ0v) is 10.2. The third-order valence-electron chi connectivity index (χ3n) is 1.71. The molecule has 0 atom stereocenters. The van der Waals surface area contributed by atoms with Gasteiger partial charge in [0.1, 0.15) is 0 Å². The van der Waals surface area contributed by atoms with Crippen LogP contribution in [0.25, 0.3) is 0 Å². The van der Waals surface area contributed by atoms with E-state index in [2.05, 4.69) is 4.36 Å². The first-order valence-corrected chi connectivity index (χ1v) is 6.77. The summed E-state index contributed by atoms with van der Waals surface area (Å²) in [6.45, 7) is 1.77. The molecule has 17 heavy (non-hydrogen) atoms. The third-order valence-corrected chi connectivity index (χ3v) is 3.36. The standard InChI is InChI=1S/C8H8N2O5S2/c1-6-2-4-7(5-3-6)17(14,15)10-8(11)9-16(12)13/h2-5H,1H3,(H,10,11). The maximum atomic E-state index is 11.5. The minimum absolute atomic E-state index is 0.150. The second-order valence-electron chi connectivity index (χ2n) is 3.03. The van der Waals surface area contributed by atoms with Crippen LogP contribution in [-0.4, -0.2) is 22.9 Å². The zero-order chi connectivity index (χ0) is 13.1. The summed E-state index contributed by atoms with van der Waals surface area (Å²) in [7, 11) is -7.08. The van der Waals surface area contributed by atoms with E-state index >= 15 is 0 Å². The molecule has 0 spiro atoms. The Kier molecular flexibility index (Phi) is 3.97. The van der Waals surface area contributed by atoms with Gasteiger partial charge < -0.3 is 0 Å². The zero-order valence-electron chi connectivity index (χ0n) is 8.61. The van der Waals surface area contributed by atoms with Crippen LogP contribution in [0, 0.1) is 6.92 Å². The number of amides is 2. The second-order valence-corrected chi connectivity index (χ2v) is 5.33. The maximum Gasteiger partial charge on any atom is 0.369 e. The van der Waals surface area contributed by atoms with Gasteiger partial charge in [0.2, 0.25) is 0 Å². The van der Waals surface area contributed by atoms with Gasteiger partial charge >= 0.3 is 16.5 Å². The largest absolute Gasteiger partial charge is 0.369 e. The van der Waals surface area contributed by atoms with Crippen LogP contribution < -0.4 is 4.72 Å². The molecule has 0 saturated carbocycles. The molecule has 0 heterocycles. The number of sulfonamides is 1. The van der Waals surface area contributed by atoms with Crippen molar-refractivity contribution in [2.75, 3.05) is 0 Å². The summed E-state index contributed by atoms with van der Waals surface area (Å²) in [6, 6.07) is 4.21. The summed E-state index contributed by atoms with van der Waals surface area (Å²) in [5.41, 5.74) is 0.848. The summed E-state index contributed by atoms with van der Waals surface area (Å²) in [6.07, 6.45) is 0. The van der Waals surface area contributed by atoms with Crippen molar-refractivity contribution in [3.63, 3.8) is 0 Å². The molecule has 0 bridgehead atoms. The van der Waals surface area contributed by atoms with Crippen LogP contribution in [-0.2, 0) is 20.5 Å². The summed E-state index contributed by atoms with van der Waals surface area (Å²) in [4.78, 5) is 10.7. The SMILES string of the molecule is Cc1ccc(S(=O)(=O)NC(=O)N=S(=O)=O)cc1. The average molecular weight is 276 g/mol. The highest BCUT2D eigenvalue weighted by molar-refractivity contribution is 7.90. The van der Waals surface area contributed by atoms with Gasteiger partial charge in [-0.25, -0.2) is 17.9 Å². The minimum Gasteiger partial charge on any atom is -0.244 e. The monoisotopic (exact) mass is 276 g/mol. The lowest BCUT2D eigenvalue weighted by Gasteiger charge is -2.03. The Labute approximate surface area is 99.2 Å². The fraction of sp³-hybridized carbons (Fsp3) is 0.125. The van der Waals surface area contributed by atoms with Crippen LogP contribution in [0.4, 0.5) is 4.79 Å². The highest BCUT2D eigenvalue weighted by atomic mass is 32.2. The van der Waals surface area contributed by atoms with Gasteiger partial charge in [0.25, 0.3) is 10.0 Å². The first-order valence-electron chi connectivity index (χ1n) is 4.26. The number of urea groups is 1. The van der Waals surface area contributed by atoms with Gasteiger partial charge in [-0.1, -0.05) is 22.1 Å². The molecular formula is C8H8N2O5S2. The van der Waals surface area contributed by atoms with E-state index < -0.39 is 26.6 Å². The van der Waals surface area contributed by atoms with Crippen molar-refractivity contribution in [2.45, 2.75) is 11.8 Å². The molecule has 0 aliphatic rings. The number of aryl methyl sites for hydroxylation is 1. The lowest BCUT2D eigenvalue weighted by Crippen LogP contribution is -2.27. The summed E-state index contributed by atoms with van der Waals surface area (Å²) in [5.74, 6) is 0. The van der Waals surface area contributed by atoms with Crippen molar-refractivity contribution in [1.82, 2.24) is 4.72 Å². The molecule has 0 unspecified atom stereocenters. The number of nitrogens with zero attached hydrogens (tertiary/aromatic N) is 1. The number of hydrogen-bond donors (Lipinski definition) is 1. The van der Waals surface area contributed by atoms with Crippen LogP contribution in [0.15, 0.2) is 33.5 Å². The van der Waals surface area contributed by atoms with Gasteiger partial charge in [-0.05, 0) is 19.1 Å². The lowest BCUT2D eigenvalue weighted by molar-refractivity contribution is 0.254. The number of hydrogen-bond acceptors (Lipinski definition) is 5. The van der Waals surface area contributed by atoms with Crippen molar-refractivity contribution < 1.29 is 21.6 Å². The van der Waals surface area contributed by atoms with Crippen molar-refractivity contribution in [1.29, 1.82) is 0 Å². The first-order chi connectivity index (χ1) is 7.81. The van der Waals surface area contributed by atoms with Crippen LogP contribution in [0.5, 0.6) is 0 Å². The van der Waals surface area contributed by atoms with Gasteiger partial charge in [-0.2, -0.15) is 8.42 Å². The fourth-order valence-electron chi connectivity index (χ4n) is 0.978. The van der Waals surface area contributed by atoms with E-state index in [1.807, 2.05) is 0 Å². The second kappa shape index (κ2) is 5.06. The summed E-state index contributed by atoms with van der Waals surface area (Å²) in [5, 5.41) is 0. The number of benzene rings is 1. The fourth-order valence-corrected chi connectivity index (χ4v) is 2.10. The smallest absolute Gasteiger partial charge is 0.244 e. The molecule has 92 valence electrons. The molecule has 0 saturated heterocycles. The van der Waals surface area contributed by atoms with Crippen LogP contribution in [0.2, 0.25) is 0 Å². The van der Waals surface area contributed by atoms with E-state index in [1.54, 1.807) is 19.1 Å². The molecule has 0 radical (unpaired) electrons. The molecule has 0 aliphatic carbocycles. The Morgan fingerprint density at radius 1 is 1.24 bits per heavy atom. The predicted molar refractivity (Wildman–Crippen MR) is 58.2 cm³/mol. The Morgan fingerprint density at radius 3 is 2.24 bits per heavy atom. The van der Waals surface area contributed by atoms with Crippen molar-refractivity contribution in [2.24, 2.45) is 4.36 Å². The Morgan fingerprint density at radius 2 is 1.76 bits per heavy atom. The van der Waals surface area contributed by atoms with E-state index in [-0.39, 0.29) is 4.90 Å². The molecule has 7 nitrogen and oxygen atoms in total. The van der Waals surface area contributed by atoms with Crippen molar-refractivity contribution >= 4 is 26.6 Å². The third kappa shape index (κ3) is 3.96. The molecule has 1 rings (SSSR count). The topological polar surface area (TPSA) is 110 Å². The molecule has 1 aromatic carbocycles. The van der Waals surface area contributed by atoms with E-state index in [1.165, 1.54) is 16.9 Å². The molecular weight excluding hydrogens is 268 g/mol. The highest BCUT2D eigenvalue weighted by Crippen LogP contribution is 2.09. The van der Waals surface area contributed by atoms with Crippen LogP contribution >= 0.6 is 0 Å². The Hall–Kier alpha value is -1.74. The van der Waals surface area contributed by atoms with Gasteiger partial charge in [0, 0.05) is 0 Å². The van der Waals surface area contributed by atoms with Gasteiger partial charge in [0.15, 0.2) is 0 Å². The molecule has 2 amide bonds. The minimum atomic E-state index is -4.09. The molecule has 1 N–H and O–H groups in total. The van der Waals surface area contributed by atoms with E-state index in [9.17, 15) is 21.6 Å². The molecule has 1 aromatic rings. The van der Waals surface area contributed by atoms with Gasteiger partial charge in [0.05, 0.1) is 4.90 Å². The molecule has 0 aromatic heterocycles. The quantitative estimate of drug-likeness (QED) is 0.843. The van der Waals surface area contributed by atoms with Crippen LogP contribution in [0.3, 0.4) is 0 Å². The highest BCUT2D eigenvalue weighted by Gasteiger charge is 2.16. The predicted octanol–water partition coefficient (Wildman–Crippen LogP) is 0.456. The van der Waals surface area contributed by atoms with Crippen molar-refractivity contribution in [3.8, 4) is 0 Å². The van der Waals surface area contributed by atoms with E-state index in [0.29, 0.717) is 0 Å². The molecule has 9 heteroatoms. The Bertz CT molecular complexity index is 650. The van der Waals surface area contributed by atoms with Gasteiger partial charge in [-0.3, -0.25) is 0 Å². The van der Waals surface area contributed by atoms with Crippen LogP contribution in [0.1, 0.15) is 5.56 Å². The maximum absolute atomic E-state index is 11.5. The van der Waals surface area contributed by atoms with E-state index in [0.717, 1.165) is 5.56 Å². The first kappa shape index (κ1) is 13.3.